The lowest BCUT2D eigenvalue weighted by atomic mass is 10.1. The molecule has 1 aromatic carbocycles. The van der Waals surface area contributed by atoms with Crippen LogP contribution in [-0.2, 0) is 0 Å². The van der Waals surface area contributed by atoms with Crippen LogP contribution in [0.15, 0.2) is 18.2 Å². The van der Waals surface area contributed by atoms with Crippen LogP contribution in [0.3, 0.4) is 0 Å². The topological polar surface area (TPSA) is 55.1 Å². The SMILES string of the molecule is CSCCCCCCNC(=O)c1cc(Cl)ccc1N. The Bertz CT molecular complexity index is 412. The van der Waals surface area contributed by atoms with Crippen molar-refractivity contribution in [3.8, 4) is 0 Å². The van der Waals surface area contributed by atoms with E-state index >= 15 is 0 Å². The van der Waals surface area contributed by atoms with E-state index < -0.39 is 0 Å². The van der Waals surface area contributed by atoms with Crippen LogP contribution in [0.1, 0.15) is 36.0 Å². The summed E-state index contributed by atoms with van der Waals surface area (Å²) in [5, 5.41) is 3.40. The van der Waals surface area contributed by atoms with Gasteiger partial charge in [0.15, 0.2) is 0 Å². The number of benzene rings is 1. The fourth-order valence-electron chi connectivity index (χ4n) is 1.75. The molecule has 0 saturated carbocycles. The zero-order chi connectivity index (χ0) is 14.1. The van der Waals surface area contributed by atoms with Crippen molar-refractivity contribution in [2.45, 2.75) is 25.7 Å². The Hall–Kier alpha value is -0.870. The van der Waals surface area contributed by atoms with E-state index in [4.69, 9.17) is 17.3 Å². The van der Waals surface area contributed by atoms with Gasteiger partial charge in [-0.15, -0.1) is 0 Å². The molecule has 0 fully saturated rings. The van der Waals surface area contributed by atoms with Crippen molar-refractivity contribution >= 4 is 35.0 Å². The summed E-state index contributed by atoms with van der Waals surface area (Å²) in [5.41, 5.74) is 6.67. The number of nitrogens with two attached hydrogens (primary N) is 1. The lowest BCUT2D eigenvalue weighted by Gasteiger charge is -2.08. The Labute approximate surface area is 124 Å². The molecule has 0 unspecified atom stereocenters. The summed E-state index contributed by atoms with van der Waals surface area (Å²) in [6, 6.07) is 4.93. The predicted molar refractivity (Wildman–Crippen MR) is 85.0 cm³/mol. The van der Waals surface area contributed by atoms with Crippen LogP contribution in [0, 0.1) is 0 Å². The monoisotopic (exact) mass is 300 g/mol. The number of nitrogens with one attached hydrogen (secondary N) is 1. The number of rotatable bonds is 8. The number of unbranched alkanes of at least 4 members (excludes halogenated alkanes) is 3. The van der Waals surface area contributed by atoms with Crippen LogP contribution >= 0.6 is 23.4 Å². The molecule has 1 rings (SSSR count). The number of nitrogen functional groups attached to an aromatic ring is 1. The molecule has 0 atom stereocenters. The number of thioether (sulfide) groups is 1. The quantitative estimate of drug-likeness (QED) is 0.570. The first-order valence-corrected chi connectivity index (χ1v) is 8.24. The number of hydrogen-bond donors (Lipinski definition) is 2. The average molecular weight is 301 g/mol. The molecular weight excluding hydrogens is 280 g/mol. The summed E-state index contributed by atoms with van der Waals surface area (Å²) in [4.78, 5) is 11.9. The van der Waals surface area contributed by atoms with E-state index in [2.05, 4.69) is 11.6 Å². The first-order valence-electron chi connectivity index (χ1n) is 6.47. The van der Waals surface area contributed by atoms with Gasteiger partial charge < -0.3 is 11.1 Å². The third-order valence-electron chi connectivity index (χ3n) is 2.82. The Morgan fingerprint density at radius 3 is 2.79 bits per heavy atom. The summed E-state index contributed by atoms with van der Waals surface area (Å²) < 4.78 is 0. The van der Waals surface area contributed by atoms with Gasteiger partial charge >= 0.3 is 0 Å². The lowest BCUT2D eigenvalue weighted by Crippen LogP contribution is -2.25. The third kappa shape index (κ3) is 6.21. The van der Waals surface area contributed by atoms with Crippen molar-refractivity contribution in [1.29, 1.82) is 0 Å². The minimum Gasteiger partial charge on any atom is -0.398 e. The summed E-state index contributed by atoms with van der Waals surface area (Å²) >= 11 is 7.73. The second kappa shape index (κ2) is 9.10. The van der Waals surface area contributed by atoms with Gasteiger partial charge in [-0.1, -0.05) is 24.4 Å². The van der Waals surface area contributed by atoms with Crippen molar-refractivity contribution in [3.05, 3.63) is 28.8 Å². The Morgan fingerprint density at radius 2 is 2.05 bits per heavy atom. The highest BCUT2D eigenvalue weighted by Crippen LogP contribution is 2.17. The molecule has 3 nitrogen and oxygen atoms in total. The van der Waals surface area contributed by atoms with Gasteiger partial charge in [0.2, 0.25) is 0 Å². The number of amides is 1. The van der Waals surface area contributed by atoms with Gasteiger partial charge in [-0.05, 0) is 43.0 Å². The van der Waals surface area contributed by atoms with Gasteiger partial charge in [-0.3, -0.25) is 4.79 Å². The molecule has 1 amide bonds. The second-order valence-corrected chi connectivity index (χ2v) is 5.82. The fourth-order valence-corrected chi connectivity index (χ4v) is 2.41. The first kappa shape index (κ1) is 16.2. The standard InChI is InChI=1S/C14H21ClN2OS/c1-19-9-5-3-2-4-8-17-14(18)12-10-11(15)6-7-13(12)16/h6-7,10H,2-5,8-9,16H2,1H3,(H,17,18). The Morgan fingerprint density at radius 1 is 1.32 bits per heavy atom. The van der Waals surface area contributed by atoms with Crippen molar-refractivity contribution in [2.24, 2.45) is 0 Å². The molecule has 0 aliphatic heterocycles. The average Bonchev–Trinajstić information content (AvgIpc) is 2.40. The molecule has 1 aromatic rings. The molecule has 0 aliphatic rings. The molecule has 106 valence electrons. The molecule has 0 saturated heterocycles. The van der Waals surface area contributed by atoms with Gasteiger partial charge in [-0.2, -0.15) is 11.8 Å². The second-order valence-electron chi connectivity index (χ2n) is 4.39. The molecule has 0 radical (unpaired) electrons. The van der Waals surface area contributed by atoms with Crippen LogP contribution in [0.2, 0.25) is 5.02 Å². The molecule has 0 aromatic heterocycles. The normalized spacial score (nSPS) is 10.4. The van der Waals surface area contributed by atoms with Gasteiger partial charge in [-0.25, -0.2) is 0 Å². The van der Waals surface area contributed by atoms with Gasteiger partial charge in [0, 0.05) is 17.3 Å². The van der Waals surface area contributed by atoms with E-state index in [9.17, 15) is 4.79 Å². The van der Waals surface area contributed by atoms with Gasteiger partial charge in [0.05, 0.1) is 5.56 Å². The van der Waals surface area contributed by atoms with Crippen LogP contribution < -0.4 is 11.1 Å². The molecular formula is C14H21ClN2OS. The highest BCUT2D eigenvalue weighted by atomic mass is 35.5. The maximum atomic E-state index is 11.9. The highest BCUT2D eigenvalue weighted by molar-refractivity contribution is 7.98. The Kier molecular flexibility index (Phi) is 7.75. The zero-order valence-electron chi connectivity index (χ0n) is 11.2. The molecule has 0 heterocycles. The van der Waals surface area contributed by atoms with E-state index in [1.54, 1.807) is 18.2 Å². The predicted octanol–water partition coefficient (Wildman–Crippen LogP) is 3.58. The van der Waals surface area contributed by atoms with Crippen LogP contribution in [0.5, 0.6) is 0 Å². The van der Waals surface area contributed by atoms with Crippen LogP contribution in [0.4, 0.5) is 5.69 Å². The summed E-state index contributed by atoms with van der Waals surface area (Å²) in [6.07, 6.45) is 6.73. The minimum absolute atomic E-state index is 0.149. The number of hydrogen-bond acceptors (Lipinski definition) is 3. The minimum atomic E-state index is -0.149. The van der Waals surface area contributed by atoms with Crippen LogP contribution in [0.25, 0.3) is 0 Å². The number of carbonyl (C=O) groups is 1. The highest BCUT2D eigenvalue weighted by Gasteiger charge is 2.09. The van der Waals surface area contributed by atoms with E-state index in [1.807, 2.05) is 11.8 Å². The zero-order valence-corrected chi connectivity index (χ0v) is 12.8. The van der Waals surface area contributed by atoms with E-state index in [0.717, 1.165) is 12.8 Å². The largest absolute Gasteiger partial charge is 0.398 e. The number of carbonyl (C=O) groups excluding carboxylic acids is 1. The molecule has 0 spiro atoms. The molecule has 5 heteroatoms. The lowest BCUT2D eigenvalue weighted by molar-refractivity contribution is 0.0954. The number of anilines is 1. The molecule has 3 N–H and O–H groups in total. The van der Waals surface area contributed by atoms with Crippen molar-refractivity contribution < 1.29 is 4.79 Å². The summed E-state index contributed by atoms with van der Waals surface area (Å²) in [7, 11) is 0. The molecule has 0 bridgehead atoms. The van der Waals surface area contributed by atoms with E-state index in [-0.39, 0.29) is 5.91 Å². The maximum Gasteiger partial charge on any atom is 0.253 e. The van der Waals surface area contributed by atoms with Crippen LogP contribution in [-0.4, -0.2) is 24.5 Å². The van der Waals surface area contributed by atoms with Crippen molar-refractivity contribution in [2.75, 3.05) is 24.3 Å². The van der Waals surface area contributed by atoms with Crippen molar-refractivity contribution in [1.82, 2.24) is 5.32 Å². The molecule has 0 aliphatic carbocycles. The maximum absolute atomic E-state index is 11.9. The van der Waals surface area contributed by atoms with Crippen molar-refractivity contribution in [3.63, 3.8) is 0 Å². The van der Waals surface area contributed by atoms with E-state index in [1.165, 1.54) is 18.6 Å². The van der Waals surface area contributed by atoms with E-state index in [0.29, 0.717) is 22.8 Å². The fraction of sp³-hybridized carbons (Fsp3) is 0.500. The van der Waals surface area contributed by atoms with Gasteiger partial charge in [0.1, 0.15) is 0 Å². The Balaban J connectivity index is 2.26. The molecule has 19 heavy (non-hydrogen) atoms. The summed E-state index contributed by atoms with van der Waals surface area (Å²) in [5.74, 6) is 1.06. The first-order chi connectivity index (χ1) is 9.15. The third-order valence-corrected chi connectivity index (χ3v) is 3.75. The smallest absolute Gasteiger partial charge is 0.253 e. The van der Waals surface area contributed by atoms with Gasteiger partial charge in [0.25, 0.3) is 5.91 Å². The summed E-state index contributed by atoms with van der Waals surface area (Å²) in [6.45, 7) is 0.685. The number of halogens is 1.